The summed E-state index contributed by atoms with van der Waals surface area (Å²) in [6.07, 6.45) is 0.852. The SMILES string of the molecule is Cc1ccc(-c2c(C)sc3nc(CN4CCCN(C(N)=O)CC4)[nH]c(=O)c23)cc1. The highest BCUT2D eigenvalue weighted by atomic mass is 32.1. The molecule has 1 saturated heterocycles. The maximum Gasteiger partial charge on any atom is 0.314 e. The van der Waals surface area contributed by atoms with Crippen LogP contribution in [0.25, 0.3) is 21.3 Å². The number of hydrogen-bond acceptors (Lipinski definition) is 5. The van der Waals surface area contributed by atoms with E-state index in [1.54, 1.807) is 16.2 Å². The Morgan fingerprint density at radius 2 is 1.93 bits per heavy atom. The second kappa shape index (κ2) is 7.96. The van der Waals surface area contributed by atoms with Gasteiger partial charge in [-0.15, -0.1) is 11.3 Å². The molecule has 0 radical (unpaired) electrons. The van der Waals surface area contributed by atoms with Crippen LogP contribution in [0.15, 0.2) is 29.1 Å². The number of rotatable bonds is 3. The predicted molar refractivity (Wildman–Crippen MR) is 116 cm³/mol. The van der Waals surface area contributed by atoms with E-state index in [1.165, 1.54) is 5.56 Å². The molecule has 8 heteroatoms. The lowest BCUT2D eigenvalue weighted by atomic mass is 10.0. The number of nitrogens with one attached hydrogen (secondary N) is 1. The molecule has 3 heterocycles. The van der Waals surface area contributed by atoms with Gasteiger partial charge < -0.3 is 15.6 Å². The highest BCUT2D eigenvalue weighted by Crippen LogP contribution is 2.35. The second-order valence-electron chi connectivity index (χ2n) is 7.55. The summed E-state index contributed by atoms with van der Waals surface area (Å²) >= 11 is 1.56. The molecule has 152 valence electrons. The minimum Gasteiger partial charge on any atom is -0.351 e. The summed E-state index contributed by atoms with van der Waals surface area (Å²) in [5.74, 6) is 0.659. The molecule has 4 rings (SSSR count). The summed E-state index contributed by atoms with van der Waals surface area (Å²) in [5, 5.41) is 0.663. The number of urea groups is 1. The molecule has 2 amide bonds. The average molecular weight is 412 g/mol. The fourth-order valence-electron chi connectivity index (χ4n) is 3.87. The van der Waals surface area contributed by atoms with Crippen LogP contribution in [-0.4, -0.2) is 52.0 Å². The molecular weight excluding hydrogens is 386 g/mol. The zero-order valence-electron chi connectivity index (χ0n) is 16.7. The van der Waals surface area contributed by atoms with Crippen LogP contribution < -0.4 is 11.3 Å². The number of primary amides is 1. The number of H-pyrrole nitrogens is 1. The molecule has 3 N–H and O–H groups in total. The molecule has 1 aromatic carbocycles. The minimum atomic E-state index is -0.377. The third-order valence-corrected chi connectivity index (χ3v) is 6.40. The Kier molecular flexibility index (Phi) is 5.38. The first-order valence-corrected chi connectivity index (χ1v) is 10.6. The zero-order valence-corrected chi connectivity index (χ0v) is 17.5. The number of benzene rings is 1. The fourth-order valence-corrected chi connectivity index (χ4v) is 4.93. The maximum atomic E-state index is 12.9. The Balaban J connectivity index is 1.62. The van der Waals surface area contributed by atoms with Gasteiger partial charge in [0.05, 0.1) is 11.9 Å². The molecule has 0 saturated carbocycles. The van der Waals surface area contributed by atoms with Crippen molar-refractivity contribution in [1.29, 1.82) is 0 Å². The Bertz CT molecular complexity index is 1100. The molecule has 0 unspecified atom stereocenters. The molecule has 0 bridgehead atoms. The lowest BCUT2D eigenvalue weighted by Crippen LogP contribution is -2.38. The largest absolute Gasteiger partial charge is 0.351 e. The molecule has 1 aliphatic rings. The Hall–Kier alpha value is -2.71. The normalized spacial score (nSPS) is 15.6. The van der Waals surface area contributed by atoms with Gasteiger partial charge in [-0.05, 0) is 25.8 Å². The molecule has 0 spiro atoms. The van der Waals surface area contributed by atoms with Crippen molar-refractivity contribution in [1.82, 2.24) is 19.8 Å². The second-order valence-corrected chi connectivity index (χ2v) is 8.75. The van der Waals surface area contributed by atoms with Crippen molar-refractivity contribution >= 4 is 27.6 Å². The standard InChI is InChI=1S/C21H25N5O2S/c1-13-4-6-15(7-5-13)17-14(2)29-20-18(17)19(27)23-16(24-20)12-25-8-3-9-26(11-10-25)21(22)28/h4-7H,3,8-12H2,1-2H3,(H2,22,28)(H,23,24,27). The molecule has 0 aliphatic carbocycles. The van der Waals surface area contributed by atoms with Crippen molar-refractivity contribution < 1.29 is 4.79 Å². The number of fused-ring (bicyclic) bond motifs is 1. The summed E-state index contributed by atoms with van der Waals surface area (Å²) in [5.41, 5.74) is 8.50. The molecule has 0 atom stereocenters. The van der Waals surface area contributed by atoms with Crippen LogP contribution in [0.1, 0.15) is 22.7 Å². The smallest absolute Gasteiger partial charge is 0.314 e. The molecule has 3 aromatic rings. The minimum absolute atomic E-state index is 0.0986. The van der Waals surface area contributed by atoms with E-state index in [0.717, 1.165) is 33.8 Å². The lowest BCUT2D eigenvalue weighted by Gasteiger charge is -2.20. The lowest BCUT2D eigenvalue weighted by molar-refractivity contribution is 0.206. The van der Waals surface area contributed by atoms with Crippen molar-refractivity contribution in [3.05, 3.63) is 50.9 Å². The predicted octanol–water partition coefficient (Wildman–Crippen LogP) is 2.85. The van der Waals surface area contributed by atoms with E-state index in [9.17, 15) is 9.59 Å². The van der Waals surface area contributed by atoms with Crippen molar-refractivity contribution in [3.63, 3.8) is 0 Å². The number of aromatic amines is 1. The van der Waals surface area contributed by atoms with Crippen molar-refractivity contribution in [2.24, 2.45) is 5.73 Å². The van der Waals surface area contributed by atoms with E-state index in [1.807, 2.05) is 6.92 Å². The number of carbonyl (C=O) groups is 1. The van der Waals surface area contributed by atoms with Crippen LogP contribution in [0, 0.1) is 13.8 Å². The number of nitrogens with two attached hydrogens (primary N) is 1. The van der Waals surface area contributed by atoms with Gasteiger partial charge in [0.15, 0.2) is 0 Å². The number of aryl methyl sites for hydroxylation is 2. The molecular formula is C21H25N5O2S. The topological polar surface area (TPSA) is 95.3 Å². The number of carbonyl (C=O) groups excluding carboxylic acids is 1. The summed E-state index contributed by atoms with van der Waals surface area (Å²) in [6, 6.07) is 7.85. The van der Waals surface area contributed by atoms with Crippen LogP contribution in [0.2, 0.25) is 0 Å². The van der Waals surface area contributed by atoms with E-state index in [0.29, 0.717) is 37.4 Å². The first-order chi connectivity index (χ1) is 13.9. The molecule has 2 aromatic heterocycles. The first kappa shape index (κ1) is 19.6. The summed E-state index contributed by atoms with van der Waals surface area (Å²) in [6.45, 7) is 7.44. The van der Waals surface area contributed by atoms with E-state index in [4.69, 9.17) is 10.7 Å². The van der Waals surface area contributed by atoms with Crippen LogP contribution in [0.5, 0.6) is 0 Å². The number of nitrogens with zero attached hydrogens (tertiary/aromatic N) is 3. The van der Waals surface area contributed by atoms with Crippen molar-refractivity contribution in [2.45, 2.75) is 26.8 Å². The number of thiophene rings is 1. The van der Waals surface area contributed by atoms with Gasteiger partial charge in [-0.2, -0.15) is 0 Å². The number of aromatic nitrogens is 2. The Morgan fingerprint density at radius 1 is 1.17 bits per heavy atom. The Labute approximate surface area is 173 Å². The van der Waals surface area contributed by atoms with E-state index in [2.05, 4.69) is 41.1 Å². The van der Waals surface area contributed by atoms with Crippen LogP contribution in [0.3, 0.4) is 0 Å². The quantitative estimate of drug-likeness (QED) is 0.693. The molecule has 1 fully saturated rings. The van der Waals surface area contributed by atoms with Gasteiger partial charge >= 0.3 is 6.03 Å². The zero-order chi connectivity index (χ0) is 20.5. The van der Waals surface area contributed by atoms with Crippen LogP contribution in [0.4, 0.5) is 4.79 Å². The monoisotopic (exact) mass is 411 g/mol. The third kappa shape index (κ3) is 4.04. The van der Waals surface area contributed by atoms with Gasteiger partial charge in [0, 0.05) is 36.6 Å². The van der Waals surface area contributed by atoms with Crippen molar-refractivity contribution in [2.75, 3.05) is 26.2 Å². The maximum absolute atomic E-state index is 12.9. The molecule has 7 nitrogen and oxygen atoms in total. The number of amides is 2. The van der Waals surface area contributed by atoms with Gasteiger partial charge in [0.25, 0.3) is 5.56 Å². The van der Waals surface area contributed by atoms with Gasteiger partial charge in [0.2, 0.25) is 0 Å². The van der Waals surface area contributed by atoms with E-state index < -0.39 is 0 Å². The number of hydrogen-bond donors (Lipinski definition) is 2. The third-order valence-electron chi connectivity index (χ3n) is 5.40. The van der Waals surface area contributed by atoms with Crippen LogP contribution >= 0.6 is 11.3 Å². The summed E-state index contributed by atoms with van der Waals surface area (Å²) in [7, 11) is 0. The van der Waals surface area contributed by atoms with Crippen LogP contribution in [-0.2, 0) is 6.54 Å². The van der Waals surface area contributed by atoms with E-state index >= 15 is 0 Å². The summed E-state index contributed by atoms with van der Waals surface area (Å²) < 4.78 is 0. The van der Waals surface area contributed by atoms with Gasteiger partial charge in [-0.3, -0.25) is 9.69 Å². The van der Waals surface area contributed by atoms with Crippen molar-refractivity contribution in [3.8, 4) is 11.1 Å². The van der Waals surface area contributed by atoms with Gasteiger partial charge in [-0.1, -0.05) is 29.8 Å². The van der Waals surface area contributed by atoms with E-state index in [-0.39, 0.29) is 11.6 Å². The fraction of sp³-hybridized carbons (Fsp3) is 0.381. The Morgan fingerprint density at radius 3 is 2.66 bits per heavy atom. The summed E-state index contributed by atoms with van der Waals surface area (Å²) in [4.78, 5) is 37.8. The highest BCUT2D eigenvalue weighted by molar-refractivity contribution is 7.19. The van der Waals surface area contributed by atoms with Gasteiger partial charge in [0.1, 0.15) is 10.7 Å². The van der Waals surface area contributed by atoms with Gasteiger partial charge in [-0.25, -0.2) is 9.78 Å². The first-order valence-electron chi connectivity index (χ1n) is 9.78. The average Bonchev–Trinajstić information content (AvgIpc) is 2.85. The molecule has 1 aliphatic heterocycles. The molecule has 29 heavy (non-hydrogen) atoms. The highest BCUT2D eigenvalue weighted by Gasteiger charge is 2.20.